The number of amidine groups is 1. The maximum atomic E-state index is 14.5. The topological polar surface area (TPSA) is 82.9 Å². The lowest BCUT2D eigenvalue weighted by molar-refractivity contribution is -0.113. The summed E-state index contributed by atoms with van der Waals surface area (Å²) < 4.78 is 14.5. The second-order valence-corrected chi connectivity index (χ2v) is 9.51. The summed E-state index contributed by atoms with van der Waals surface area (Å²) in [6, 6.07) is 22.6. The van der Waals surface area contributed by atoms with Gasteiger partial charge in [0.25, 0.3) is 5.91 Å². The molecule has 1 saturated heterocycles. The van der Waals surface area contributed by atoms with Crippen molar-refractivity contribution in [3.8, 4) is 10.4 Å². The van der Waals surface area contributed by atoms with Crippen LogP contribution in [0.25, 0.3) is 16.5 Å². The number of carboxylic acid groups (broad SMARTS) is 1. The molecule has 1 aliphatic rings. The van der Waals surface area contributed by atoms with Crippen LogP contribution < -0.4 is 4.90 Å². The first-order chi connectivity index (χ1) is 17.0. The third kappa shape index (κ3) is 4.77. The first-order valence-electron chi connectivity index (χ1n) is 10.4. The molecule has 0 radical (unpaired) electrons. The van der Waals surface area contributed by atoms with Gasteiger partial charge in [0.1, 0.15) is 5.69 Å². The van der Waals surface area contributed by atoms with E-state index in [9.17, 15) is 19.1 Å². The fourth-order valence-corrected chi connectivity index (χ4v) is 5.45. The summed E-state index contributed by atoms with van der Waals surface area (Å²) in [5, 5.41) is 9.58. The average Bonchev–Trinajstić information content (AvgIpc) is 3.45. The number of carbonyl (C=O) groups is 2. The van der Waals surface area contributed by atoms with Crippen LogP contribution in [0.5, 0.6) is 0 Å². The molecule has 1 amide bonds. The van der Waals surface area contributed by atoms with Gasteiger partial charge in [-0.3, -0.25) is 4.79 Å². The number of para-hydroxylation sites is 1. The zero-order chi connectivity index (χ0) is 24.4. The number of aromatic carboxylic acids is 1. The maximum Gasteiger partial charge on any atom is 0.335 e. The fourth-order valence-electron chi connectivity index (χ4n) is 3.44. The van der Waals surface area contributed by atoms with Crippen molar-refractivity contribution in [2.24, 2.45) is 4.99 Å². The molecule has 0 atom stereocenters. The quantitative estimate of drug-likeness (QED) is 0.251. The van der Waals surface area contributed by atoms with E-state index in [1.54, 1.807) is 36.4 Å². The van der Waals surface area contributed by atoms with Gasteiger partial charge in [0.05, 0.1) is 16.2 Å². The number of nitrogens with zero attached hydrogens (tertiary/aromatic N) is 3. The van der Waals surface area contributed by atoms with Gasteiger partial charge in [0.15, 0.2) is 5.17 Å². The molecule has 1 fully saturated rings. The standard InChI is InChI=1S/C26H16FN3O3S2/c27-23-20(10-5-13-28-23)30-24(31)22(35-26(30)29-18-8-2-1-3-9-18)15-19-11-12-21(34-19)16-6-4-7-17(14-16)25(32)33/h1-15H,(H,32,33). The first kappa shape index (κ1) is 22.7. The molecule has 4 aromatic rings. The summed E-state index contributed by atoms with van der Waals surface area (Å²) in [5.41, 5.74) is 1.64. The maximum absolute atomic E-state index is 14.5. The fraction of sp³-hybridized carbons (Fsp3) is 0. The molecular weight excluding hydrogens is 485 g/mol. The van der Waals surface area contributed by atoms with Crippen molar-refractivity contribution in [1.29, 1.82) is 0 Å². The van der Waals surface area contributed by atoms with Crippen molar-refractivity contribution in [2.75, 3.05) is 4.90 Å². The molecule has 35 heavy (non-hydrogen) atoms. The van der Waals surface area contributed by atoms with Crippen molar-refractivity contribution < 1.29 is 19.1 Å². The lowest BCUT2D eigenvalue weighted by Gasteiger charge is -2.15. The second-order valence-electron chi connectivity index (χ2n) is 7.38. The summed E-state index contributed by atoms with van der Waals surface area (Å²) in [5.74, 6) is -2.16. The highest BCUT2D eigenvalue weighted by Gasteiger charge is 2.36. The molecule has 0 spiro atoms. The second kappa shape index (κ2) is 9.65. The number of halogens is 1. The number of carboxylic acids is 1. The van der Waals surface area contributed by atoms with Crippen LogP contribution in [0.3, 0.4) is 0 Å². The van der Waals surface area contributed by atoms with E-state index in [1.807, 2.05) is 36.4 Å². The lowest BCUT2D eigenvalue weighted by atomic mass is 10.1. The van der Waals surface area contributed by atoms with Crippen LogP contribution in [0.2, 0.25) is 0 Å². The third-order valence-corrected chi connectivity index (χ3v) is 7.11. The Bertz CT molecular complexity index is 1500. The highest BCUT2D eigenvalue weighted by molar-refractivity contribution is 8.19. The molecule has 172 valence electrons. The molecule has 3 heterocycles. The molecule has 0 unspecified atom stereocenters. The minimum Gasteiger partial charge on any atom is -0.478 e. The van der Waals surface area contributed by atoms with Crippen molar-refractivity contribution in [1.82, 2.24) is 4.98 Å². The van der Waals surface area contributed by atoms with E-state index in [0.29, 0.717) is 15.8 Å². The van der Waals surface area contributed by atoms with Gasteiger partial charge >= 0.3 is 5.97 Å². The number of amides is 1. The van der Waals surface area contributed by atoms with Gasteiger partial charge in [-0.15, -0.1) is 11.3 Å². The van der Waals surface area contributed by atoms with Crippen LogP contribution in [0.4, 0.5) is 15.8 Å². The molecule has 0 saturated carbocycles. The lowest BCUT2D eigenvalue weighted by Crippen LogP contribution is -2.29. The Morgan fingerprint density at radius 3 is 2.63 bits per heavy atom. The number of thioether (sulfide) groups is 1. The number of aliphatic imine (C=N–C) groups is 1. The number of anilines is 1. The molecule has 1 N–H and O–H groups in total. The van der Waals surface area contributed by atoms with Gasteiger partial charge < -0.3 is 5.11 Å². The Kier molecular flexibility index (Phi) is 6.26. The van der Waals surface area contributed by atoms with Gasteiger partial charge in [-0.1, -0.05) is 30.3 Å². The smallest absolute Gasteiger partial charge is 0.335 e. The van der Waals surface area contributed by atoms with Crippen molar-refractivity contribution in [2.45, 2.75) is 0 Å². The van der Waals surface area contributed by atoms with E-state index in [1.165, 1.54) is 34.6 Å². The first-order valence-corrected chi connectivity index (χ1v) is 12.0. The number of thiophene rings is 1. The molecule has 1 aliphatic heterocycles. The molecule has 2 aromatic carbocycles. The van der Waals surface area contributed by atoms with Crippen LogP contribution >= 0.6 is 23.1 Å². The normalized spacial score (nSPS) is 15.8. The molecule has 2 aromatic heterocycles. The van der Waals surface area contributed by atoms with Crippen LogP contribution in [0, 0.1) is 5.95 Å². The van der Waals surface area contributed by atoms with Crippen LogP contribution in [-0.2, 0) is 4.79 Å². The summed E-state index contributed by atoms with van der Waals surface area (Å²) >= 11 is 2.57. The van der Waals surface area contributed by atoms with Crippen molar-refractivity contribution in [3.05, 3.63) is 106 Å². The van der Waals surface area contributed by atoms with E-state index in [2.05, 4.69) is 9.98 Å². The highest BCUT2D eigenvalue weighted by atomic mass is 32.2. The Morgan fingerprint density at radius 1 is 1.03 bits per heavy atom. The van der Waals surface area contributed by atoms with E-state index in [0.717, 1.165) is 27.1 Å². The number of rotatable bonds is 5. The highest BCUT2D eigenvalue weighted by Crippen LogP contribution is 2.39. The summed E-state index contributed by atoms with van der Waals surface area (Å²) in [7, 11) is 0. The molecule has 0 bridgehead atoms. The van der Waals surface area contributed by atoms with Gasteiger partial charge in [-0.25, -0.2) is 19.7 Å². The predicted octanol–water partition coefficient (Wildman–Crippen LogP) is 6.46. The molecule has 9 heteroatoms. The largest absolute Gasteiger partial charge is 0.478 e. The Hall–Kier alpha value is -4.08. The van der Waals surface area contributed by atoms with Crippen molar-refractivity contribution >= 4 is 57.6 Å². The number of benzene rings is 2. The van der Waals surface area contributed by atoms with Crippen molar-refractivity contribution in [3.63, 3.8) is 0 Å². The van der Waals surface area contributed by atoms with Crippen LogP contribution in [-0.4, -0.2) is 27.1 Å². The zero-order valence-electron chi connectivity index (χ0n) is 18.0. The number of hydrogen-bond donors (Lipinski definition) is 1. The van der Waals surface area contributed by atoms with E-state index < -0.39 is 17.8 Å². The molecule has 0 aliphatic carbocycles. The number of aromatic nitrogens is 1. The summed E-state index contributed by atoms with van der Waals surface area (Å²) in [6.45, 7) is 0. The van der Waals surface area contributed by atoms with E-state index in [4.69, 9.17) is 0 Å². The molecular formula is C26H16FN3O3S2. The molecule has 5 rings (SSSR count). The minimum absolute atomic E-state index is 0.0282. The summed E-state index contributed by atoms with van der Waals surface area (Å²) in [4.78, 5) is 36.2. The van der Waals surface area contributed by atoms with E-state index >= 15 is 0 Å². The monoisotopic (exact) mass is 501 g/mol. The summed E-state index contributed by atoms with van der Waals surface area (Å²) in [6.07, 6.45) is 3.06. The number of carbonyl (C=O) groups excluding carboxylic acids is 1. The average molecular weight is 502 g/mol. The Labute approximate surface area is 208 Å². The van der Waals surface area contributed by atoms with Gasteiger partial charge in [0, 0.05) is 16.0 Å². The SMILES string of the molecule is O=C(O)c1cccc(-c2ccc(C=C3SC(=Nc4ccccc4)N(c4cccnc4F)C3=O)s2)c1. The van der Waals surface area contributed by atoms with E-state index in [-0.39, 0.29) is 11.3 Å². The third-order valence-electron chi connectivity index (χ3n) is 5.06. The zero-order valence-corrected chi connectivity index (χ0v) is 19.6. The predicted molar refractivity (Wildman–Crippen MR) is 138 cm³/mol. The minimum atomic E-state index is -0.994. The van der Waals surface area contributed by atoms with Gasteiger partial charge in [0.2, 0.25) is 5.95 Å². The van der Waals surface area contributed by atoms with Crippen LogP contribution in [0.1, 0.15) is 15.2 Å². The van der Waals surface area contributed by atoms with Gasteiger partial charge in [-0.2, -0.15) is 4.39 Å². The molecule has 6 nitrogen and oxygen atoms in total. The Balaban J connectivity index is 1.51. The number of pyridine rings is 1. The number of hydrogen-bond acceptors (Lipinski definition) is 6. The Morgan fingerprint density at radius 2 is 1.86 bits per heavy atom. The van der Waals surface area contributed by atoms with Crippen LogP contribution in [0.15, 0.2) is 95.0 Å². The van der Waals surface area contributed by atoms with Gasteiger partial charge in [-0.05, 0) is 71.9 Å².